The number of rotatable bonds is 2. The average molecular weight is 234 g/mol. The number of aromatic nitrogens is 2. The van der Waals surface area contributed by atoms with Gasteiger partial charge in [0.25, 0.3) is 5.91 Å². The van der Waals surface area contributed by atoms with Crippen LogP contribution in [0.1, 0.15) is 16.1 Å². The summed E-state index contributed by atoms with van der Waals surface area (Å²) in [5, 5.41) is 3.96. The van der Waals surface area contributed by atoms with Crippen LogP contribution in [-0.2, 0) is 0 Å². The standard InChI is InChI=1S/C12H11FN2O2/c1-8-6-11(17-2)14-15(8)12(16)9-4-3-5-10(13)7-9/h3-7H,1-2H3. The molecule has 88 valence electrons. The highest BCUT2D eigenvalue weighted by atomic mass is 19.1. The summed E-state index contributed by atoms with van der Waals surface area (Å²) in [6, 6.07) is 7.12. The SMILES string of the molecule is COc1cc(C)n(C(=O)c2cccc(F)c2)n1. The fraction of sp³-hybridized carbons (Fsp3) is 0.167. The molecule has 0 aliphatic heterocycles. The molecule has 2 aromatic rings. The van der Waals surface area contributed by atoms with Gasteiger partial charge >= 0.3 is 0 Å². The molecule has 17 heavy (non-hydrogen) atoms. The molecule has 0 saturated heterocycles. The minimum absolute atomic E-state index is 0.249. The Balaban J connectivity index is 2.40. The molecule has 1 heterocycles. The van der Waals surface area contributed by atoms with Crippen LogP contribution in [0.25, 0.3) is 0 Å². The summed E-state index contributed by atoms with van der Waals surface area (Å²) in [5.41, 5.74) is 0.884. The number of carbonyl (C=O) groups excluding carboxylic acids is 1. The number of hydrogen-bond acceptors (Lipinski definition) is 3. The Morgan fingerprint density at radius 3 is 2.76 bits per heavy atom. The second kappa shape index (κ2) is 4.37. The second-order valence-electron chi connectivity index (χ2n) is 3.56. The van der Waals surface area contributed by atoms with Gasteiger partial charge in [-0.1, -0.05) is 6.07 Å². The van der Waals surface area contributed by atoms with Gasteiger partial charge in [-0.25, -0.2) is 4.39 Å². The summed E-state index contributed by atoms with van der Waals surface area (Å²) in [6.07, 6.45) is 0. The average Bonchev–Trinajstić information content (AvgIpc) is 2.69. The van der Waals surface area contributed by atoms with Gasteiger partial charge in [0.2, 0.25) is 5.88 Å². The molecule has 0 saturated carbocycles. The van der Waals surface area contributed by atoms with E-state index in [9.17, 15) is 9.18 Å². The van der Waals surface area contributed by atoms with E-state index >= 15 is 0 Å². The van der Waals surface area contributed by atoms with Crippen molar-refractivity contribution in [2.45, 2.75) is 6.92 Å². The first-order chi connectivity index (χ1) is 8.11. The Labute approximate surface area is 97.6 Å². The molecule has 4 nitrogen and oxygen atoms in total. The lowest BCUT2D eigenvalue weighted by molar-refractivity contribution is 0.0940. The third-order valence-corrected chi connectivity index (χ3v) is 2.34. The fourth-order valence-corrected chi connectivity index (χ4v) is 1.50. The quantitative estimate of drug-likeness (QED) is 0.798. The first-order valence-corrected chi connectivity index (χ1v) is 5.03. The van der Waals surface area contributed by atoms with Crippen LogP contribution < -0.4 is 4.74 Å². The third-order valence-electron chi connectivity index (χ3n) is 2.34. The van der Waals surface area contributed by atoms with Gasteiger partial charge in [0.15, 0.2) is 0 Å². The molecule has 0 atom stereocenters. The van der Waals surface area contributed by atoms with Crippen LogP contribution >= 0.6 is 0 Å². The van der Waals surface area contributed by atoms with E-state index in [1.54, 1.807) is 19.1 Å². The smallest absolute Gasteiger partial charge is 0.278 e. The molecule has 1 aromatic carbocycles. The van der Waals surface area contributed by atoms with Gasteiger partial charge in [0, 0.05) is 17.3 Å². The lowest BCUT2D eigenvalue weighted by atomic mass is 10.2. The number of methoxy groups -OCH3 is 1. The summed E-state index contributed by atoms with van der Waals surface area (Å²) in [7, 11) is 1.47. The molecular weight excluding hydrogens is 223 g/mol. The van der Waals surface area contributed by atoms with Gasteiger partial charge in [-0.3, -0.25) is 4.79 Å². The zero-order valence-electron chi connectivity index (χ0n) is 9.48. The molecule has 0 spiro atoms. The molecular formula is C12H11FN2O2. The number of carbonyl (C=O) groups is 1. The van der Waals surface area contributed by atoms with Crippen LogP contribution in [-0.4, -0.2) is 22.8 Å². The summed E-state index contributed by atoms with van der Waals surface area (Å²) in [4.78, 5) is 12.0. The van der Waals surface area contributed by atoms with Crippen molar-refractivity contribution >= 4 is 5.91 Å². The Morgan fingerprint density at radius 2 is 2.18 bits per heavy atom. The third kappa shape index (κ3) is 2.18. The number of nitrogens with zero attached hydrogens (tertiary/aromatic N) is 2. The predicted molar refractivity (Wildman–Crippen MR) is 59.6 cm³/mol. The molecule has 1 aromatic heterocycles. The van der Waals surface area contributed by atoms with Crippen molar-refractivity contribution in [2.24, 2.45) is 0 Å². The molecule has 0 aliphatic rings. The Morgan fingerprint density at radius 1 is 1.41 bits per heavy atom. The number of aryl methyl sites for hydroxylation is 1. The van der Waals surface area contributed by atoms with Gasteiger partial charge in [0.05, 0.1) is 7.11 Å². The molecule has 0 N–H and O–H groups in total. The van der Waals surface area contributed by atoms with E-state index in [0.29, 0.717) is 11.6 Å². The molecule has 2 rings (SSSR count). The van der Waals surface area contributed by atoms with Crippen LogP contribution in [0.2, 0.25) is 0 Å². The number of benzene rings is 1. The van der Waals surface area contributed by atoms with E-state index in [1.165, 1.54) is 30.0 Å². The van der Waals surface area contributed by atoms with Gasteiger partial charge in [-0.2, -0.15) is 4.68 Å². The van der Waals surface area contributed by atoms with Crippen molar-refractivity contribution in [1.29, 1.82) is 0 Å². The topological polar surface area (TPSA) is 44.1 Å². The predicted octanol–water partition coefficient (Wildman–Crippen LogP) is 2.03. The number of ether oxygens (including phenoxy) is 1. The highest BCUT2D eigenvalue weighted by Gasteiger charge is 2.14. The van der Waals surface area contributed by atoms with Crippen LogP contribution in [0, 0.1) is 12.7 Å². The highest BCUT2D eigenvalue weighted by Crippen LogP contribution is 2.13. The summed E-state index contributed by atoms with van der Waals surface area (Å²) in [6.45, 7) is 1.73. The zero-order valence-corrected chi connectivity index (χ0v) is 9.48. The van der Waals surface area contributed by atoms with Gasteiger partial charge < -0.3 is 4.74 Å². The Kier molecular flexibility index (Phi) is 2.91. The summed E-state index contributed by atoms with van der Waals surface area (Å²) >= 11 is 0. The van der Waals surface area contributed by atoms with E-state index < -0.39 is 5.82 Å². The van der Waals surface area contributed by atoms with Crippen molar-refractivity contribution in [1.82, 2.24) is 9.78 Å². The van der Waals surface area contributed by atoms with Crippen molar-refractivity contribution in [3.8, 4) is 5.88 Å². The van der Waals surface area contributed by atoms with E-state index in [2.05, 4.69) is 5.10 Å². The first-order valence-electron chi connectivity index (χ1n) is 5.03. The Bertz CT molecular complexity index is 563. The molecule has 0 amide bonds. The van der Waals surface area contributed by atoms with E-state index in [4.69, 9.17) is 4.74 Å². The van der Waals surface area contributed by atoms with Crippen LogP contribution in [0.5, 0.6) is 5.88 Å². The minimum Gasteiger partial charge on any atom is -0.480 e. The molecule has 0 unspecified atom stereocenters. The monoisotopic (exact) mass is 234 g/mol. The van der Waals surface area contributed by atoms with E-state index in [1.807, 2.05) is 0 Å². The Hall–Kier alpha value is -2.17. The summed E-state index contributed by atoms with van der Waals surface area (Å²) < 4.78 is 19.1. The van der Waals surface area contributed by atoms with Crippen LogP contribution in [0.3, 0.4) is 0 Å². The lowest BCUT2D eigenvalue weighted by Crippen LogP contribution is -2.15. The van der Waals surface area contributed by atoms with Crippen molar-refractivity contribution in [3.63, 3.8) is 0 Å². The van der Waals surface area contributed by atoms with Crippen LogP contribution in [0.4, 0.5) is 4.39 Å². The molecule has 5 heteroatoms. The number of halogens is 1. The van der Waals surface area contributed by atoms with Crippen molar-refractivity contribution < 1.29 is 13.9 Å². The van der Waals surface area contributed by atoms with E-state index in [0.717, 1.165) is 0 Å². The zero-order chi connectivity index (χ0) is 12.4. The second-order valence-corrected chi connectivity index (χ2v) is 3.56. The molecule has 0 bridgehead atoms. The van der Waals surface area contributed by atoms with Crippen molar-refractivity contribution in [2.75, 3.05) is 7.11 Å². The fourth-order valence-electron chi connectivity index (χ4n) is 1.50. The van der Waals surface area contributed by atoms with Crippen LogP contribution in [0.15, 0.2) is 30.3 Å². The van der Waals surface area contributed by atoms with E-state index in [-0.39, 0.29) is 11.5 Å². The van der Waals surface area contributed by atoms with Crippen molar-refractivity contribution in [3.05, 3.63) is 47.4 Å². The highest BCUT2D eigenvalue weighted by molar-refractivity contribution is 5.95. The number of hydrogen-bond donors (Lipinski definition) is 0. The largest absolute Gasteiger partial charge is 0.480 e. The normalized spacial score (nSPS) is 10.3. The maximum absolute atomic E-state index is 13.0. The minimum atomic E-state index is -0.451. The summed E-state index contributed by atoms with van der Waals surface area (Å²) in [5.74, 6) is -0.481. The maximum atomic E-state index is 13.0. The van der Waals surface area contributed by atoms with Gasteiger partial charge in [-0.15, -0.1) is 5.10 Å². The molecule has 0 fully saturated rings. The first kappa shape index (κ1) is 11.3. The molecule has 0 radical (unpaired) electrons. The van der Waals surface area contributed by atoms with Gasteiger partial charge in [0.1, 0.15) is 5.82 Å². The van der Waals surface area contributed by atoms with Gasteiger partial charge in [-0.05, 0) is 25.1 Å². The maximum Gasteiger partial charge on any atom is 0.278 e. The lowest BCUT2D eigenvalue weighted by Gasteiger charge is -2.02. The molecule has 0 aliphatic carbocycles.